The maximum atomic E-state index is 11.2. The lowest BCUT2D eigenvalue weighted by Gasteiger charge is -2.25. The number of sulfone groups is 1. The molecule has 1 N–H and O–H groups in total. The van der Waals surface area contributed by atoms with Gasteiger partial charge in [-0.15, -0.1) is 0 Å². The maximum absolute atomic E-state index is 11.2. The van der Waals surface area contributed by atoms with Crippen molar-refractivity contribution >= 4 is 9.84 Å². The Morgan fingerprint density at radius 3 is 1.93 bits per heavy atom. The van der Waals surface area contributed by atoms with Crippen molar-refractivity contribution in [1.82, 2.24) is 0 Å². The van der Waals surface area contributed by atoms with E-state index in [0.717, 1.165) is 6.26 Å². The first-order valence-electron chi connectivity index (χ1n) is 4.52. The quantitative estimate of drug-likeness (QED) is 0.755. The second-order valence-corrected chi connectivity index (χ2v) is 7.11. The number of hydrogen-bond acceptors (Lipinski definition) is 4. The van der Waals surface area contributed by atoms with Crippen LogP contribution in [0.3, 0.4) is 0 Å². The highest BCUT2D eigenvalue weighted by Gasteiger charge is 2.31. The van der Waals surface area contributed by atoms with Gasteiger partial charge in [-0.3, -0.25) is 0 Å². The molecule has 0 aliphatic carbocycles. The zero-order valence-corrected chi connectivity index (χ0v) is 10.3. The summed E-state index contributed by atoms with van der Waals surface area (Å²) < 4.78 is 27.7. The molecule has 0 aliphatic heterocycles. The third kappa shape index (κ3) is 4.93. The molecule has 0 aromatic carbocycles. The topological polar surface area (TPSA) is 63.6 Å². The predicted molar refractivity (Wildman–Crippen MR) is 55.8 cm³/mol. The highest BCUT2D eigenvalue weighted by molar-refractivity contribution is 7.91. The van der Waals surface area contributed by atoms with Crippen molar-refractivity contribution in [1.29, 1.82) is 0 Å². The Hall–Kier alpha value is -0.130. The predicted octanol–water partition coefficient (Wildman–Crippen LogP) is 0.945. The smallest absolute Gasteiger partial charge is 0.176 e. The monoisotopic (exact) mass is 224 g/mol. The molecule has 0 radical (unpaired) electrons. The first kappa shape index (κ1) is 13.9. The standard InChI is InChI=1S/C9H20O4S/c1-8(2,10)6-7-13-9(3,4)14(5,11)12/h10H,6-7H2,1-5H3. The Kier molecular flexibility index (Phi) is 4.12. The number of rotatable bonds is 5. The molecule has 0 saturated heterocycles. The van der Waals surface area contributed by atoms with Crippen molar-refractivity contribution in [3.05, 3.63) is 0 Å². The lowest BCUT2D eigenvalue weighted by Crippen LogP contribution is -2.35. The van der Waals surface area contributed by atoms with Gasteiger partial charge in [0.1, 0.15) is 0 Å². The Morgan fingerprint density at radius 2 is 1.64 bits per heavy atom. The van der Waals surface area contributed by atoms with Gasteiger partial charge in [0.25, 0.3) is 0 Å². The van der Waals surface area contributed by atoms with Gasteiger partial charge >= 0.3 is 0 Å². The molecule has 0 aromatic heterocycles. The van der Waals surface area contributed by atoms with Gasteiger partial charge in [0.2, 0.25) is 0 Å². The maximum Gasteiger partial charge on any atom is 0.176 e. The van der Waals surface area contributed by atoms with E-state index in [9.17, 15) is 13.5 Å². The summed E-state index contributed by atoms with van der Waals surface area (Å²) in [5, 5.41) is 9.39. The largest absolute Gasteiger partial charge is 0.390 e. The van der Waals surface area contributed by atoms with E-state index in [1.165, 1.54) is 13.8 Å². The molecule has 0 spiro atoms. The van der Waals surface area contributed by atoms with Gasteiger partial charge in [-0.05, 0) is 34.1 Å². The zero-order valence-electron chi connectivity index (χ0n) is 9.49. The van der Waals surface area contributed by atoms with Crippen molar-refractivity contribution in [3.8, 4) is 0 Å². The van der Waals surface area contributed by atoms with Crippen LogP contribution in [0.1, 0.15) is 34.1 Å². The van der Waals surface area contributed by atoms with Crippen molar-refractivity contribution in [2.24, 2.45) is 0 Å². The number of ether oxygens (including phenoxy) is 1. The molecule has 0 aromatic rings. The van der Waals surface area contributed by atoms with Crippen LogP contribution in [-0.4, -0.2) is 36.9 Å². The molecule has 0 saturated carbocycles. The van der Waals surface area contributed by atoms with Crippen LogP contribution in [0.5, 0.6) is 0 Å². The number of hydrogen-bond donors (Lipinski definition) is 1. The molecule has 0 rings (SSSR count). The average molecular weight is 224 g/mol. The van der Waals surface area contributed by atoms with Crippen molar-refractivity contribution in [2.45, 2.75) is 44.6 Å². The fraction of sp³-hybridized carbons (Fsp3) is 1.00. The molecule has 14 heavy (non-hydrogen) atoms. The molecule has 0 amide bonds. The van der Waals surface area contributed by atoms with Gasteiger partial charge in [0.15, 0.2) is 14.8 Å². The van der Waals surface area contributed by atoms with Gasteiger partial charge in [0, 0.05) is 6.26 Å². The summed E-state index contributed by atoms with van der Waals surface area (Å²) in [6.45, 7) is 6.55. The van der Waals surface area contributed by atoms with E-state index in [4.69, 9.17) is 4.74 Å². The van der Waals surface area contributed by atoms with Crippen LogP contribution in [0.4, 0.5) is 0 Å². The minimum absolute atomic E-state index is 0.226. The Balaban J connectivity index is 4.16. The number of aliphatic hydroxyl groups is 1. The summed E-state index contributed by atoms with van der Waals surface area (Å²) in [6.07, 6.45) is 1.54. The lowest BCUT2D eigenvalue weighted by molar-refractivity contribution is -0.00631. The van der Waals surface area contributed by atoms with Crippen molar-refractivity contribution < 1.29 is 18.3 Å². The molecule has 86 valence electrons. The Labute approximate surface area is 86.2 Å². The van der Waals surface area contributed by atoms with Gasteiger partial charge in [0.05, 0.1) is 12.2 Å². The summed E-state index contributed by atoms with van der Waals surface area (Å²) >= 11 is 0. The zero-order chi connectivity index (χ0) is 11.6. The lowest BCUT2D eigenvalue weighted by atomic mass is 10.1. The van der Waals surface area contributed by atoms with E-state index in [2.05, 4.69) is 0 Å². The molecule has 0 aliphatic rings. The Bertz CT molecular complexity index is 272. The van der Waals surface area contributed by atoms with E-state index in [1.807, 2.05) is 0 Å². The van der Waals surface area contributed by atoms with Crippen molar-refractivity contribution in [3.63, 3.8) is 0 Å². The second-order valence-electron chi connectivity index (χ2n) is 4.58. The summed E-state index contributed by atoms with van der Waals surface area (Å²) in [5.74, 6) is 0. The normalized spacial score (nSPS) is 14.4. The van der Waals surface area contributed by atoms with E-state index in [1.54, 1.807) is 13.8 Å². The van der Waals surface area contributed by atoms with Gasteiger partial charge in [-0.25, -0.2) is 8.42 Å². The van der Waals surface area contributed by atoms with Crippen LogP contribution < -0.4 is 0 Å². The molecule has 5 heteroatoms. The van der Waals surface area contributed by atoms with Crippen LogP contribution in [0.25, 0.3) is 0 Å². The van der Waals surface area contributed by atoms with Crippen LogP contribution in [0, 0.1) is 0 Å². The molecular weight excluding hydrogens is 204 g/mol. The molecule has 0 unspecified atom stereocenters. The highest BCUT2D eigenvalue weighted by Crippen LogP contribution is 2.18. The minimum atomic E-state index is -3.22. The molecule has 0 bridgehead atoms. The van der Waals surface area contributed by atoms with Crippen LogP contribution in [-0.2, 0) is 14.6 Å². The van der Waals surface area contributed by atoms with E-state index in [-0.39, 0.29) is 6.61 Å². The minimum Gasteiger partial charge on any atom is -0.390 e. The second kappa shape index (κ2) is 4.16. The third-order valence-corrected chi connectivity index (χ3v) is 3.96. The summed E-state index contributed by atoms with van der Waals surface area (Å²) in [7, 11) is -3.22. The summed E-state index contributed by atoms with van der Waals surface area (Å²) in [4.78, 5) is -1.18. The van der Waals surface area contributed by atoms with Crippen LogP contribution >= 0.6 is 0 Å². The highest BCUT2D eigenvalue weighted by atomic mass is 32.2. The third-order valence-electron chi connectivity index (χ3n) is 2.06. The van der Waals surface area contributed by atoms with Crippen LogP contribution in [0.15, 0.2) is 0 Å². The summed E-state index contributed by atoms with van der Waals surface area (Å²) in [6, 6.07) is 0. The molecule has 4 nitrogen and oxygen atoms in total. The molecule has 0 fully saturated rings. The van der Waals surface area contributed by atoms with E-state index >= 15 is 0 Å². The summed E-state index contributed by atoms with van der Waals surface area (Å²) in [5.41, 5.74) is -0.826. The molecule has 0 heterocycles. The van der Waals surface area contributed by atoms with E-state index in [0.29, 0.717) is 6.42 Å². The first-order valence-corrected chi connectivity index (χ1v) is 6.41. The Morgan fingerprint density at radius 1 is 1.21 bits per heavy atom. The van der Waals surface area contributed by atoms with E-state index < -0.39 is 20.4 Å². The van der Waals surface area contributed by atoms with Crippen molar-refractivity contribution in [2.75, 3.05) is 12.9 Å². The molecule has 0 atom stereocenters. The average Bonchev–Trinajstić information content (AvgIpc) is 1.80. The fourth-order valence-corrected chi connectivity index (χ4v) is 0.951. The van der Waals surface area contributed by atoms with Gasteiger partial charge < -0.3 is 9.84 Å². The van der Waals surface area contributed by atoms with Crippen LogP contribution in [0.2, 0.25) is 0 Å². The fourth-order valence-electron chi connectivity index (χ4n) is 0.654. The van der Waals surface area contributed by atoms with Gasteiger partial charge in [-0.2, -0.15) is 0 Å². The SMILES string of the molecule is CC(C)(O)CCOC(C)(C)S(C)(=O)=O. The molecular formula is C9H20O4S. The first-order chi connectivity index (χ1) is 5.96. The van der Waals surface area contributed by atoms with Gasteiger partial charge in [-0.1, -0.05) is 0 Å².